The molecule has 0 bridgehead atoms. The minimum Gasteiger partial charge on any atom is -0.383 e. The van der Waals surface area contributed by atoms with E-state index in [9.17, 15) is 9.50 Å². The molecule has 0 aliphatic heterocycles. The normalized spacial score (nSPS) is 16.4. The van der Waals surface area contributed by atoms with Crippen LogP contribution in [0.5, 0.6) is 0 Å². The molecule has 3 heteroatoms. The summed E-state index contributed by atoms with van der Waals surface area (Å²) in [5.74, 6) is -0.390. The quantitative estimate of drug-likeness (QED) is 0.750. The van der Waals surface area contributed by atoms with Crippen molar-refractivity contribution in [2.24, 2.45) is 5.41 Å². The molecule has 1 atom stereocenters. The molecule has 1 aromatic rings. The third kappa shape index (κ3) is 1.93. The summed E-state index contributed by atoms with van der Waals surface area (Å²) in [6, 6.07) is 2.82. The van der Waals surface area contributed by atoms with Crippen LogP contribution in [-0.4, -0.2) is 10.1 Å². The standard InChI is InChI=1S/C11H16FNO/c1-10(2,3)11(4,14)9-6-5-8(12)7-13-9/h5-7,14H,1-4H3. The Balaban J connectivity index is 3.10. The molecule has 0 aromatic carbocycles. The van der Waals surface area contributed by atoms with E-state index in [1.807, 2.05) is 20.8 Å². The van der Waals surface area contributed by atoms with Crippen molar-refractivity contribution in [3.05, 3.63) is 29.8 Å². The minimum atomic E-state index is -1.05. The lowest BCUT2D eigenvalue weighted by molar-refractivity contribution is -0.0507. The summed E-state index contributed by atoms with van der Waals surface area (Å²) in [7, 11) is 0. The fourth-order valence-corrected chi connectivity index (χ4v) is 1.05. The Bertz CT molecular complexity index is 311. The van der Waals surface area contributed by atoms with E-state index >= 15 is 0 Å². The van der Waals surface area contributed by atoms with Gasteiger partial charge in [0.05, 0.1) is 11.9 Å². The average Bonchev–Trinajstić information content (AvgIpc) is 2.03. The molecule has 2 nitrogen and oxygen atoms in total. The molecule has 1 unspecified atom stereocenters. The van der Waals surface area contributed by atoms with E-state index in [0.717, 1.165) is 6.20 Å². The zero-order chi connectivity index (χ0) is 11.0. The Hall–Kier alpha value is -0.960. The van der Waals surface area contributed by atoms with Crippen molar-refractivity contribution in [1.82, 2.24) is 4.98 Å². The first-order chi connectivity index (χ1) is 6.25. The Morgan fingerprint density at radius 3 is 2.14 bits per heavy atom. The first-order valence-electron chi connectivity index (χ1n) is 4.59. The van der Waals surface area contributed by atoms with Crippen LogP contribution in [-0.2, 0) is 5.60 Å². The van der Waals surface area contributed by atoms with Crippen molar-refractivity contribution < 1.29 is 9.50 Å². The fourth-order valence-electron chi connectivity index (χ4n) is 1.05. The molecule has 0 saturated heterocycles. The molecule has 0 spiro atoms. The molecule has 78 valence electrons. The van der Waals surface area contributed by atoms with E-state index in [1.54, 1.807) is 6.92 Å². The molecule has 0 amide bonds. The van der Waals surface area contributed by atoms with Gasteiger partial charge in [-0.25, -0.2) is 4.39 Å². The Morgan fingerprint density at radius 1 is 1.21 bits per heavy atom. The highest BCUT2D eigenvalue weighted by Gasteiger charge is 2.38. The van der Waals surface area contributed by atoms with Crippen LogP contribution >= 0.6 is 0 Å². The van der Waals surface area contributed by atoms with Gasteiger partial charge in [-0.3, -0.25) is 4.98 Å². The van der Waals surface area contributed by atoms with Crippen LogP contribution in [0.15, 0.2) is 18.3 Å². The number of aromatic nitrogens is 1. The van der Waals surface area contributed by atoms with Gasteiger partial charge in [-0.1, -0.05) is 20.8 Å². The highest BCUT2D eigenvalue weighted by Crippen LogP contribution is 2.37. The van der Waals surface area contributed by atoms with E-state index < -0.39 is 11.4 Å². The molecule has 0 aliphatic rings. The number of halogens is 1. The predicted molar refractivity (Wildman–Crippen MR) is 53.2 cm³/mol. The van der Waals surface area contributed by atoms with Crippen molar-refractivity contribution in [3.63, 3.8) is 0 Å². The lowest BCUT2D eigenvalue weighted by Gasteiger charge is -2.36. The van der Waals surface area contributed by atoms with E-state index in [2.05, 4.69) is 4.98 Å². The number of aliphatic hydroxyl groups is 1. The van der Waals surface area contributed by atoms with Gasteiger partial charge in [-0.2, -0.15) is 0 Å². The van der Waals surface area contributed by atoms with Crippen LogP contribution in [0.4, 0.5) is 4.39 Å². The third-order valence-electron chi connectivity index (χ3n) is 2.69. The molecule has 1 aromatic heterocycles. The predicted octanol–water partition coefficient (Wildman–Crippen LogP) is 2.47. The second-order valence-corrected chi connectivity index (χ2v) is 4.68. The van der Waals surface area contributed by atoms with Gasteiger partial charge in [0.15, 0.2) is 0 Å². The second-order valence-electron chi connectivity index (χ2n) is 4.68. The summed E-state index contributed by atoms with van der Waals surface area (Å²) in [6.07, 6.45) is 1.12. The summed E-state index contributed by atoms with van der Waals surface area (Å²) in [4.78, 5) is 3.89. The second kappa shape index (κ2) is 3.31. The molecule has 1 rings (SSSR count). The lowest BCUT2D eigenvalue weighted by atomic mass is 9.75. The maximum Gasteiger partial charge on any atom is 0.141 e. The summed E-state index contributed by atoms with van der Waals surface area (Å²) in [6.45, 7) is 7.43. The topological polar surface area (TPSA) is 33.1 Å². The van der Waals surface area contributed by atoms with Crippen LogP contribution in [0, 0.1) is 11.2 Å². The van der Waals surface area contributed by atoms with E-state index in [1.165, 1.54) is 12.1 Å². The smallest absolute Gasteiger partial charge is 0.141 e. The highest BCUT2D eigenvalue weighted by molar-refractivity contribution is 5.15. The molecule has 0 saturated carbocycles. The summed E-state index contributed by atoms with van der Waals surface area (Å²) in [5, 5.41) is 10.2. The molecule has 0 aliphatic carbocycles. The molecule has 0 fully saturated rings. The van der Waals surface area contributed by atoms with Gasteiger partial charge in [0, 0.05) is 0 Å². The maximum absolute atomic E-state index is 12.6. The summed E-state index contributed by atoms with van der Waals surface area (Å²) in [5.41, 5.74) is -0.898. The van der Waals surface area contributed by atoms with Crippen molar-refractivity contribution in [1.29, 1.82) is 0 Å². The van der Waals surface area contributed by atoms with Crippen molar-refractivity contribution >= 4 is 0 Å². The van der Waals surface area contributed by atoms with Gasteiger partial charge in [0.2, 0.25) is 0 Å². The first kappa shape index (κ1) is 11.1. The van der Waals surface area contributed by atoms with Gasteiger partial charge in [-0.05, 0) is 24.5 Å². The van der Waals surface area contributed by atoms with Crippen molar-refractivity contribution in [2.45, 2.75) is 33.3 Å². The van der Waals surface area contributed by atoms with Crippen molar-refractivity contribution in [3.8, 4) is 0 Å². The molecule has 1 heterocycles. The molecule has 1 N–H and O–H groups in total. The number of rotatable bonds is 1. The van der Waals surface area contributed by atoms with E-state index in [0.29, 0.717) is 5.69 Å². The molecular weight excluding hydrogens is 181 g/mol. The van der Waals surface area contributed by atoms with Crippen LogP contribution in [0.3, 0.4) is 0 Å². The number of hydrogen-bond donors (Lipinski definition) is 1. The van der Waals surface area contributed by atoms with Crippen LogP contribution < -0.4 is 0 Å². The van der Waals surface area contributed by atoms with Crippen LogP contribution in [0.1, 0.15) is 33.4 Å². The van der Waals surface area contributed by atoms with Gasteiger partial charge in [-0.15, -0.1) is 0 Å². The summed E-state index contributed by atoms with van der Waals surface area (Å²) < 4.78 is 12.6. The Kier molecular flexibility index (Phi) is 2.63. The number of pyridine rings is 1. The first-order valence-corrected chi connectivity index (χ1v) is 4.59. The largest absolute Gasteiger partial charge is 0.383 e. The van der Waals surface area contributed by atoms with E-state index in [4.69, 9.17) is 0 Å². The van der Waals surface area contributed by atoms with Crippen molar-refractivity contribution in [2.75, 3.05) is 0 Å². The monoisotopic (exact) mass is 197 g/mol. The van der Waals surface area contributed by atoms with Gasteiger partial charge in [0.1, 0.15) is 11.4 Å². The lowest BCUT2D eigenvalue weighted by Crippen LogP contribution is -2.37. The Labute approximate surface area is 83.8 Å². The molecular formula is C11H16FNO. The zero-order valence-corrected chi connectivity index (χ0v) is 9.00. The van der Waals surface area contributed by atoms with Gasteiger partial charge >= 0.3 is 0 Å². The van der Waals surface area contributed by atoms with E-state index in [-0.39, 0.29) is 5.41 Å². The van der Waals surface area contributed by atoms with Crippen LogP contribution in [0.2, 0.25) is 0 Å². The average molecular weight is 197 g/mol. The maximum atomic E-state index is 12.6. The third-order valence-corrected chi connectivity index (χ3v) is 2.69. The summed E-state index contributed by atoms with van der Waals surface area (Å²) >= 11 is 0. The van der Waals surface area contributed by atoms with Gasteiger partial charge < -0.3 is 5.11 Å². The number of hydrogen-bond acceptors (Lipinski definition) is 2. The molecule has 14 heavy (non-hydrogen) atoms. The SMILES string of the molecule is CC(C)(C)C(C)(O)c1ccc(F)cn1. The fraction of sp³-hybridized carbons (Fsp3) is 0.545. The zero-order valence-electron chi connectivity index (χ0n) is 9.00. The van der Waals surface area contributed by atoms with Gasteiger partial charge in [0.25, 0.3) is 0 Å². The Morgan fingerprint density at radius 2 is 1.79 bits per heavy atom. The molecule has 0 radical (unpaired) electrons. The minimum absolute atomic E-state index is 0.335. The number of nitrogens with zero attached hydrogens (tertiary/aromatic N) is 1. The highest BCUT2D eigenvalue weighted by atomic mass is 19.1. The van der Waals surface area contributed by atoms with Crippen LogP contribution in [0.25, 0.3) is 0 Å².